The molecule has 0 aliphatic carbocycles. The zero-order valence-electron chi connectivity index (χ0n) is 22.4. The zero-order chi connectivity index (χ0) is 27.7. The molecule has 4 N–H and O–H groups in total. The summed E-state index contributed by atoms with van der Waals surface area (Å²) in [7, 11) is 0. The Morgan fingerprint density at radius 1 is 0.946 bits per heavy atom. The van der Waals surface area contributed by atoms with Crippen LogP contribution in [0.2, 0.25) is 0 Å². The average molecular weight is 557 g/mol. The second kappa shape index (κ2) is 14.7. The molecular weight excluding hydrogens is 516 g/mol. The molecule has 2 bridgehead atoms. The van der Waals surface area contributed by atoms with Crippen LogP contribution in [-0.4, -0.2) is 82.9 Å². The number of cyclic esters (lactones) is 1. The van der Waals surface area contributed by atoms with Crippen LogP contribution in [0.15, 0.2) is 12.2 Å². The summed E-state index contributed by atoms with van der Waals surface area (Å²) in [5.41, 5.74) is 0. The molecule has 2 aliphatic rings. The summed E-state index contributed by atoms with van der Waals surface area (Å²) in [5.74, 6) is -2.05. The minimum absolute atomic E-state index is 0.184. The molecule has 2 rings (SSSR count). The van der Waals surface area contributed by atoms with Crippen LogP contribution in [0.1, 0.15) is 47.5 Å². The summed E-state index contributed by atoms with van der Waals surface area (Å²) < 4.78 is 5.70. The van der Waals surface area contributed by atoms with Crippen LogP contribution in [0, 0.1) is 11.8 Å². The first kappa shape index (κ1) is 31.0. The number of carbonyl (C=O) groups excluding carboxylic acids is 5. The molecule has 2 unspecified atom stereocenters. The fourth-order valence-electron chi connectivity index (χ4n) is 3.93. The van der Waals surface area contributed by atoms with Gasteiger partial charge in [0.25, 0.3) is 0 Å². The number of allylic oxidation sites excluding steroid dienone is 1. The van der Waals surface area contributed by atoms with Gasteiger partial charge in [-0.2, -0.15) is 23.5 Å². The van der Waals surface area contributed by atoms with Gasteiger partial charge in [-0.05, 0) is 36.3 Å². The number of carbonyl (C=O) groups is 5. The van der Waals surface area contributed by atoms with Gasteiger partial charge in [-0.15, -0.1) is 0 Å². The lowest BCUT2D eigenvalue weighted by Crippen LogP contribution is -2.59. The van der Waals surface area contributed by atoms with Gasteiger partial charge >= 0.3 is 5.97 Å². The summed E-state index contributed by atoms with van der Waals surface area (Å²) >= 11 is 3.04. The second-order valence-corrected chi connectivity index (χ2v) is 12.4. The molecule has 4 amide bonds. The van der Waals surface area contributed by atoms with Crippen molar-refractivity contribution in [3.8, 4) is 0 Å². The highest BCUT2D eigenvalue weighted by molar-refractivity contribution is 8.00. The number of nitrogens with one attached hydrogen (secondary N) is 4. The highest BCUT2D eigenvalue weighted by atomic mass is 32.2. The van der Waals surface area contributed by atoms with Crippen molar-refractivity contribution in [1.29, 1.82) is 0 Å². The molecule has 0 saturated carbocycles. The maximum atomic E-state index is 13.2. The minimum atomic E-state index is -0.971. The van der Waals surface area contributed by atoms with E-state index < -0.39 is 59.9 Å². The van der Waals surface area contributed by atoms with Gasteiger partial charge in [0.05, 0.1) is 6.42 Å². The fourth-order valence-corrected chi connectivity index (χ4v) is 5.42. The van der Waals surface area contributed by atoms with E-state index in [2.05, 4.69) is 21.3 Å². The number of amides is 4. The molecule has 0 spiro atoms. The van der Waals surface area contributed by atoms with Gasteiger partial charge in [0.1, 0.15) is 30.3 Å². The number of rotatable bonds is 6. The predicted molar refractivity (Wildman–Crippen MR) is 146 cm³/mol. The molecule has 0 aromatic rings. The number of fused-ring (bicyclic) bond motifs is 3. The third kappa shape index (κ3) is 9.24. The molecule has 0 radical (unpaired) electrons. The standard InChI is InChI=1S/C25H40N4O6S2/c1-13(2)19-23(32)26-17-12-37-15(5)21(29-22(17)31)24(33)28-20(14(3)4)25(34)35-16(11-18(30)27-19)9-7-8-10-36-6/h7,9,13-17,19-21H,8,10-12H2,1-6H3,(H,26,32)(H,27,30)(H,28,33)(H,29,31)/b9-7+/t15?,16-,17-,19+,20-,21?/m0/s1. The van der Waals surface area contributed by atoms with E-state index >= 15 is 0 Å². The summed E-state index contributed by atoms with van der Waals surface area (Å²) in [6, 6.07) is -3.63. The number of ether oxygens (including phenoxy) is 1. The van der Waals surface area contributed by atoms with Crippen LogP contribution in [0.3, 0.4) is 0 Å². The number of hydrogen-bond donors (Lipinski definition) is 4. The average Bonchev–Trinajstić information content (AvgIpc) is 2.95. The first-order valence-corrected chi connectivity index (χ1v) is 15.1. The Kier molecular flexibility index (Phi) is 12.3. The van der Waals surface area contributed by atoms with Crippen molar-refractivity contribution < 1.29 is 28.7 Å². The summed E-state index contributed by atoms with van der Waals surface area (Å²) in [4.78, 5) is 65.3. The van der Waals surface area contributed by atoms with E-state index in [1.54, 1.807) is 45.5 Å². The summed E-state index contributed by atoms with van der Waals surface area (Å²) in [5, 5.41) is 10.6. The summed E-state index contributed by atoms with van der Waals surface area (Å²) in [6.07, 6.45) is 5.19. The van der Waals surface area contributed by atoms with Crippen molar-refractivity contribution in [3.63, 3.8) is 0 Å². The van der Waals surface area contributed by atoms with E-state index in [-0.39, 0.29) is 29.3 Å². The van der Waals surface area contributed by atoms with E-state index in [1.807, 2.05) is 19.3 Å². The van der Waals surface area contributed by atoms with Crippen molar-refractivity contribution in [2.75, 3.05) is 17.8 Å². The molecule has 2 aliphatic heterocycles. The Morgan fingerprint density at radius 2 is 1.62 bits per heavy atom. The topological polar surface area (TPSA) is 143 Å². The molecule has 37 heavy (non-hydrogen) atoms. The molecule has 2 fully saturated rings. The van der Waals surface area contributed by atoms with Gasteiger partial charge in [0.2, 0.25) is 23.6 Å². The van der Waals surface area contributed by atoms with Crippen LogP contribution in [0.4, 0.5) is 0 Å². The monoisotopic (exact) mass is 556 g/mol. The Bertz CT molecular complexity index is 881. The third-order valence-electron chi connectivity index (χ3n) is 6.19. The Labute approximate surface area is 227 Å². The smallest absolute Gasteiger partial charge is 0.329 e. The number of thioether (sulfide) groups is 2. The summed E-state index contributed by atoms with van der Waals surface area (Å²) in [6.45, 7) is 8.95. The molecule has 208 valence electrons. The van der Waals surface area contributed by atoms with Gasteiger partial charge in [0.15, 0.2) is 0 Å². The highest BCUT2D eigenvalue weighted by Crippen LogP contribution is 2.21. The number of esters is 1. The Morgan fingerprint density at radius 3 is 2.24 bits per heavy atom. The molecule has 12 heteroatoms. The first-order chi connectivity index (χ1) is 17.4. The normalized spacial score (nSPS) is 30.5. The van der Waals surface area contributed by atoms with Crippen LogP contribution >= 0.6 is 23.5 Å². The first-order valence-electron chi connectivity index (χ1n) is 12.6. The van der Waals surface area contributed by atoms with Crippen LogP contribution in [0.5, 0.6) is 0 Å². The Balaban J connectivity index is 2.43. The van der Waals surface area contributed by atoms with E-state index in [9.17, 15) is 24.0 Å². The SMILES string of the molecule is CSCC/C=C/[C@H]1CC(=O)N[C@H](C(C)C)C(=O)N[C@H]2CSC(C)C(NC2=O)C(=O)N[C@@H](C(C)C)C(=O)O1. The lowest BCUT2D eigenvalue weighted by molar-refractivity contribution is -0.153. The quantitative estimate of drug-likeness (QED) is 0.216. The molecule has 0 aromatic heterocycles. The predicted octanol–water partition coefficient (Wildman–Crippen LogP) is 0.998. The van der Waals surface area contributed by atoms with Gasteiger partial charge in [-0.25, -0.2) is 4.79 Å². The van der Waals surface area contributed by atoms with Crippen LogP contribution in [-0.2, 0) is 28.7 Å². The van der Waals surface area contributed by atoms with Crippen molar-refractivity contribution in [1.82, 2.24) is 21.3 Å². The lowest BCUT2D eigenvalue weighted by Gasteiger charge is -2.28. The number of hydrogen-bond acceptors (Lipinski definition) is 8. The molecule has 10 nitrogen and oxygen atoms in total. The molecule has 2 saturated heterocycles. The Hall–Kier alpha value is -2.21. The van der Waals surface area contributed by atoms with Gasteiger partial charge < -0.3 is 26.0 Å². The van der Waals surface area contributed by atoms with Crippen molar-refractivity contribution in [2.45, 2.75) is 83.0 Å². The second-order valence-electron chi connectivity index (χ2n) is 9.99. The third-order valence-corrected chi connectivity index (χ3v) is 8.15. The largest absolute Gasteiger partial charge is 0.456 e. The van der Waals surface area contributed by atoms with Gasteiger partial charge in [-0.1, -0.05) is 40.7 Å². The van der Waals surface area contributed by atoms with E-state index in [4.69, 9.17) is 4.74 Å². The maximum absolute atomic E-state index is 13.2. The van der Waals surface area contributed by atoms with Crippen LogP contribution < -0.4 is 21.3 Å². The highest BCUT2D eigenvalue weighted by Gasteiger charge is 2.39. The van der Waals surface area contributed by atoms with Gasteiger partial charge in [0, 0.05) is 11.0 Å². The lowest BCUT2D eigenvalue weighted by atomic mass is 10.0. The molecule has 2 heterocycles. The molecule has 6 atom stereocenters. The zero-order valence-corrected chi connectivity index (χ0v) is 24.0. The van der Waals surface area contributed by atoms with E-state index in [1.165, 1.54) is 11.8 Å². The fraction of sp³-hybridized carbons (Fsp3) is 0.720. The van der Waals surface area contributed by atoms with E-state index in [0.717, 1.165) is 12.2 Å². The molecular formula is C25H40N4O6S2. The maximum Gasteiger partial charge on any atom is 0.329 e. The van der Waals surface area contributed by atoms with Crippen LogP contribution in [0.25, 0.3) is 0 Å². The molecule has 0 aromatic carbocycles. The minimum Gasteiger partial charge on any atom is -0.456 e. The van der Waals surface area contributed by atoms with E-state index in [0.29, 0.717) is 0 Å². The van der Waals surface area contributed by atoms with Gasteiger partial charge in [-0.3, -0.25) is 19.2 Å². The van der Waals surface area contributed by atoms with Crippen molar-refractivity contribution in [2.24, 2.45) is 11.8 Å². The van der Waals surface area contributed by atoms with Crippen molar-refractivity contribution >= 4 is 53.1 Å². The van der Waals surface area contributed by atoms with Crippen molar-refractivity contribution in [3.05, 3.63) is 12.2 Å².